The van der Waals surface area contributed by atoms with E-state index in [1.165, 1.54) is 25.7 Å². The van der Waals surface area contributed by atoms with Crippen LogP contribution in [0, 0.1) is 0 Å². The number of unbranched alkanes of at least 4 members (excludes halogenated alkanes) is 5. The standard InChI is InChI=1S/C32H39N5O3S/c1-6-7-8-9-10-11-16-27(38)33-22-17-18-26(40-5)24(21-22)30-32(34-28-19-20-29(41-28)37(2)3)36-31(35-30)23-14-12-13-15-25(23)39-4/h12-15,17-21H,6-11,16H2,1-5H3,(H,33,38)/b34-32-. The van der Waals surface area contributed by atoms with Crippen LogP contribution in [0.15, 0.2) is 69.6 Å². The number of aliphatic imine (C=N–C) groups is 3. The largest absolute Gasteiger partial charge is 0.496 e. The molecule has 0 unspecified atom stereocenters. The highest BCUT2D eigenvalue weighted by Gasteiger charge is 2.26. The van der Waals surface area contributed by atoms with Crippen LogP contribution in [0.1, 0.15) is 63.0 Å². The van der Waals surface area contributed by atoms with Crippen molar-refractivity contribution in [3.05, 3.63) is 65.7 Å². The van der Waals surface area contributed by atoms with Crippen LogP contribution in [0.4, 0.5) is 15.7 Å². The summed E-state index contributed by atoms with van der Waals surface area (Å²) in [6.07, 6.45) is 7.31. The maximum absolute atomic E-state index is 12.7. The molecule has 0 radical (unpaired) electrons. The van der Waals surface area contributed by atoms with Crippen LogP contribution in [0.2, 0.25) is 0 Å². The molecule has 3 aromatic rings. The van der Waals surface area contributed by atoms with Crippen LogP contribution < -0.4 is 19.7 Å². The van der Waals surface area contributed by atoms with Crippen molar-refractivity contribution < 1.29 is 14.3 Å². The number of amidine groups is 2. The van der Waals surface area contributed by atoms with Crippen LogP contribution in [-0.2, 0) is 4.79 Å². The van der Waals surface area contributed by atoms with Gasteiger partial charge in [-0.2, -0.15) is 0 Å². The minimum absolute atomic E-state index is 0.000351. The Hall–Kier alpha value is -3.98. The second-order valence-electron chi connectivity index (χ2n) is 10.0. The lowest BCUT2D eigenvalue weighted by Gasteiger charge is -2.12. The van der Waals surface area contributed by atoms with Gasteiger partial charge in [-0.1, -0.05) is 62.5 Å². The average Bonchev–Trinajstić information content (AvgIpc) is 3.62. The summed E-state index contributed by atoms with van der Waals surface area (Å²) in [7, 11) is 7.25. The van der Waals surface area contributed by atoms with E-state index in [0.29, 0.717) is 46.6 Å². The van der Waals surface area contributed by atoms with Gasteiger partial charge in [-0.15, -0.1) is 0 Å². The normalized spacial score (nSPS) is 13.6. The molecule has 1 aromatic heterocycles. The zero-order chi connectivity index (χ0) is 29.2. The van der Waals surface area contributed by atoms with Crippen molar-refractivity contribution in [3.8, 4) is 11.5 Å². The Bertz CT molecular complexity index is 1440. The topological polar surface area (TPSA) is 87.9 Å². The van der Waals surface area contributed by atoms with E-state index in [2.05, 4.69) is 12.2 Å². The number of thiophene rings is 1. The highest BCUT2D eigenvalue weighted by atomic mass is 32.1. The smallest absolute Gasteiger partial charge is 0.224 e. The first kappa shape index (κ1) is 30.0. The first-order valence-corrected chi connectivity index (χ1v) is 14.9. The molecule has 41 heavy (non-hydrogen) atoms. The Balaban J connectivity index is 1.65. The predicted octanol–water partition coefficient (Wildman–Crippen LogP) is 7.50. The monoisotopic (exact) mass is 573 g/mol. The third kappa shape index (κ3) is 7.82. The van der Waals surface area contributed by atoms with Crippen molar-refractivity contribution >= 4 is 50.3 Å². The van der Waals surface area contributed by atoms with Crippen molar-refractivity contribution in [1.82, 2.24) is 0 Å². The van der Waals surface area contributed by atoms with E-state index < -0.39 is 0 Å². The Labute approximate surface area is 246 Å². The molecule has 0 aliphatic carbocycles. The van der Waals surface area contributed by atoms with Gasteiger partial charge in [0.05, 0.1) is 24.8 Å². The number of nitrogens with one attached hydrogen (secondary N) is 1. The molecule has 0 atom stereocenters. The molecule has 9 heteroatoms. The Morgan fingerprint density at radius 1 is 0.902 bits per heavy atom. The summed E-state index contributed by atoms with van der Waals surface area (Å²) in [6.45, 7) is 2.21. The van der Waals surface area contributed by atoms with E-state index >= 15 is 0 Å². The molecule has 1 aliphatic rings. The van der Waals surface area contributed by atoms with Gasteiger partial charge in [0.1, 0.15) is 22.2 Å². The molecule has 1 amide bonds. The molecule has 1 N–H and O–H groups in total. The predicted molar refractivity (Wildman–Crippen MR) is 171 cm³/mol. The van der Waals surface area contributed by atoms with E-state index in [0.717, 1.165) is 28.4 Å². The number of rotatable bonds is 14. The summed E-state index contributed by atoms with van der Waals surface area (Å²) in [6, 6.07) is 17.2. The zero-order valence-electron chi connectivity index (χ0n) is 24.6. The summed E-state index contributed by atoms with van der Waals surface area (Å²) < 4.78 is 11.3. The van der Waals surface area contributed by atoms with Crippen molar-refractivity contribution in [1.29, 1.82) is 0 Å². The summed E-state index contributed by atoms with van der Waals surface area (Å²) >= 11 is 1.57. The summed E-state index contributed by atoms with van der Waals surface area (Å²) in [5.41, 5.74) is 2.70. The van der Waals surface area contributed by atoms with E-state index in [9.17, 15) is 4.79 Å². The van der Waals surface area contributed by atoms with Crippen LogP contribution in [0.3, 0.4) is 0 Å². The number of amides is 1. The molecule has 4 rings (SSSR count). The minimum Gasteiger partial charge on any atom is -0.496 e. The summed E-state index contributed by atoms with van der Waals surface area (Å²) in [4.78, 5) is 29.4. The number of carbonyl (C=O) groups excluding carboxylic acids is 1. The third-order valence-electron chi connectivity index (χ3n) is 6.72. The van der Waals surface area contributed by atoms with Gasteiger partial charge < -0.3 is 19.7 Å². The highest BCUT2D eigenvalue weighted by molar-refractivity contribution is 7.19. The molecule has 216 valence electrons. The number of anilines is 2. The van der Waals surface area contributed by atoms with Gasteiger partial charge in [-0.3, -0.25) is 4.79 Å². The molecule has 2 heterocycles. The summed E-state index contributed by atoms with van der Waals surface area (Å²) in [5.74, 6) is 2.25. The SMILES string of the molecule is CCCCCCCCC(=O)Nc1ccc(OC)c(C2=NC(c3ccccc3OC)=N/C2=N\c2ccc(N(C)C)s2)c1. The molecule has 0 fully saturated rings. The fourth-order valence-corrected chi connectivity index (χ4v) is 5.33. The van der Waals surface area contributed by atoms with Gasteiger partial charge in [0.15, 0.2) is 11.7 Å². The number of ether oxygens (including phenoxy) is 2. The van der Waals surface area contributed by atoms with Gasteiger partial charge in [-0.05, 0) is 48.9 Å². The van der Waals surface area contributed by atoms with Crippen molar-refractivity contribution in [2.75, 3.05) is 38.5 Å². The van der Waals surface area contributed by atoms with Gasteiger partial charge in [0, 0.05) is 31.8 Å². The van der Waals surface area contributed by atoms with E-state index in [1.807, 2.05) is 73.6 Å². The number of methoxy groups -OCH3 is 2. The average molecular weight is 574 g/mol. The number of para-hydroxylation sites is 1. The molecule has 8 nitrogen and oxygen atoms in total. The van der Waals surface area contributed by atoms with Crippen molar-refractivity contribution in [2.45, 2.75) is 51.9 Å². The van der Waals surface area contributed by atoms with Gasteiger partial charge in [0.25, 0.3) is 0 Å². The fraction of sp³-hybridized carbons (Fsp3) is 0.375. The second kappa shape index (κ2) is 14.6. The fourth-order valence-electron chi connectivity index (χ4n) is 4.53. The first-order valence-electron chi connectivity index (χ1n) is 14.1. The molecule has 0 saturated carbocycles. The maximum atomic E-state index is 12.7. The van der Waals surface area contributed by atoms with Gasteiger partial charge in [0.2, 0.25) is 5.91 Å². The lowest BCUT2D eigenvalue weighted by Crippen LogP contribution is -2.14. The summed E-state index contributed by atoms with van der Waals surface area (Å²) in [5, 5.41) is 4.95. The van der Waals surface area contributed by atoms with Crippen LogP contribution in [-0.4, -0.2) is 51.6 Å². The minimum atomic E-state index is -0.000351. The van der Waals surface area contributed by atoms with Gasteiger partial charge >= 0.3 is 0 Å². The van der Waals surface area contributed by atoms with E-state index in [1.54, 1.807) is 25.6 Å². The van der Waals surface area contributed by atoms with E-state index in [4.69, 9.17) is 24.5 Å². The Kier molecular flexibility index (Phi) is 10.7. The molecule has 0 spiro atoms. The Morgan fingerprint density at radius 2 is 1.63 bits per heavy atom. The Morgan fingerprint density at radius 3 is 2.37 bits per heavy atom. The molecule has 0 bridgehead atoms. The molecular formula is C32H39N5O3S. The number of hydrogen-bond acceptors (Lipinski definition) is 7. The number of carbonyl (C=O) groups is 1. The maximum Gasteiger partial charge on any atom is 0.224 e. The van der Waals surface area contributed by atoms with Crippen molar-refractivity contribution in [3.63, 3.8) is 0 Å². The lowest BCUT2D eigenvalue weighted by atomic mass is 10.1. The van der Waals surface area contributed by atoms with Crippen molar-refractivity contribution in [2.24, 2.45) is 15.0 Å². The highest BCUT2D eigenvalue weighted by Crippen LogP contribution is 2.33. The van der Waals surface area contributed by atoms with Crippen LogP contribution >= 0.6 is 11.3 Å². The van der Waals surface area contributed by atoms with Gasteiger partial charge in [-0.25, -0.2) is 15.0 Å². The lowest BCUT2D eigenvalue weighted by molar-refractivity contribution is -0.116. The number of benzene rings is 2. The number of nitrogens with zero attached hydrogens (tertiary/aromatic N) is 4. The quantitative estimate of drug-likeness (QED) is 0.202. The second-order valence-corrected chi connectivity index (χ2v) is 11.1. The van der Waals surface area contributed by atoms with E-state index in [-0.39, 0.29) is 5.91 Å². The zero-order valence-corrected chi connectivity index (χ0v) is 25.4. The van der Waals surface area contributed by atoms with Crippen LogP contribution in [0.25, 0.3) is 0 Å². The molecule has 2 aromatic carbocycles. The molecular weight excluding hydrogens is 534 g/mol. The molecule has 0 saturated heterocycles. The number of hydrogen-bond donors (Lipinski definition) is 1. The first-order chi connectivity index (χ1) is 19.9. The third-order valence-corrected chi connectivity index (χ3v) is 7.87. The van der Waals surface area contributed by atoms with Crippen LogP contribution in [0.5, 0.6) is 11.5 Å². The molecule has 1 aliphatic heterocycles.